The van der Waals surface area contributed by atoms with Crippen molar-refractivity contribution in [2.24, 2.45) is 0 Å². The molecule has 0 bridgehead atoms. The molecule has 0 spiro atoms. The van der Waals surface area contributed by atoms with Crippen molar-refractivity contribution < 1.29 is 0 Å². The number of nitrogens with zero attached hydrogens (tertiary/aromatic N) is 5. The minimum absolute atomic E-state index is 0.0912. The molecule has 2 aliphatic rings. The molecule has 7 rings (SSSR count). The molecule has 1 atom stereocenters. The molecule has 218 valence electrons. The normalized spacial score (nSPS) is 17.2. The number of hydrogen-bond donors (Lipinski definition) is 1. The molecule has 0 aliphatic carbocycles. The monoisotopic (exact) mass is 628 g/mol. The number of aromatic nitrogens is 3. The molecule has 7 nitrogen and oxygen atoms in total. The van der Waals surface area contributed by atoms with Gasteiger partial charge in [0.1, 0.15) is 5.65 Å². The Kier molecular flexibility index (Phi) is 7.78. The van der Waals surface area contributed by atoms with Crippen LogP contribution in [0.3, 0.4) is 0 Å². The summed E-state index contributed by atoms with van der Waals surface area (Å²) in [6.07, 6.45) is 2.51. The van der Waals surface area contributed by atoms with Gasteiger partial charge in [0.25, 0.3) is 5.56 Å². The third-order valence-corrected chi connectivity index (χ3v) is 10.0. The first kappa shape index (κ1) is 28.2. The maximum Gasteiger partial charge on any atom is 0.260 e. The van der Waals surface area contributed by atoms with Gasteiger partial charge in [-0.15, -0.1) is 11.8 Å². The van der Waals surface area contributed by atoms with E-state index in [2.05, 4.69) is 69.6 Å². The summed E-state index contributed by atoms with van der Waals surface area (Å²) in [4.78, 5) is 29.8. The number of benzene rings is 3. The second-order valence-electron chi connectivity index (χ2n) is 11.1. The Morgan fingerprint density at radius 2 is 1.72 bits per heavy atom. The third kappa shape index (κ3) is 5.72. The molecule has 1 unspecified atom stereocenters. The maximum absolute atomic E-state index is 14.3. The highest BCUT2D eigenvalue weighted by Gasteiger charge is 2.26. The van der Waals surface area contributed by atoms with Gasteiger partial charge < -0.3 is 15.1 Å². The van der Waals surface area contributed by atoms with Crippen LogP contribution in [-0.4, -0.2) is 58.4 Å². The lowest BCUT2D eigenvalue weighted by atomic mass is 10.0. The zero-order valence-corrected chi connectivity index (χ0v) is 26.0. The van der Waals surface area contributed by atoms with Gasteiger partial charge in [0.15, 0.2) is 0 Å². The lowest BCUT2D eigenvalue weighted by Crippen LogP contribution is -2.44. The summed E-state index contributed by atoms with van der Waals surface area (Å²) < 4.78 is 1.84. The molecule has 0 amide bonds. The molecule has 10 heteroatoms. The highest BCUT2D eigenvalue weighted by atomic mass is 35.5. The van der Waals surface area contributed by atoms with Crippen molar-refractivity contribution in [2.45, 2.75) is 17.4 Å². The number of halogens is 2. The number of fused-ring (bicyclic) bond motifs is 2. The van der Waals surface area contributed by atoms with Crippen molar-refractivity contribution in [2.75, 3.05) is 49.2 Å². The number of nitrogens with one attached hydrogen (secondary N) is 1. The molecule has 4 heterocycles. The first-order valence-corrected chi connectivity index (χ1v) is 16.1. The van der Waals surface area contributed by atoms with Crippen LogP contribution in [0.4, 0.5) is 17.3 Å². The van der Waals surface area contributed by atoms with E-state index in [1.807, 2.05) is 16.7 Å². The fraction of sp³-hybridized carbons (Fsp3) is 0.242. The molecule has 3 aromatic carbocycles. The van der Waals surface area contributed by atoms with Crippen molar-refractivity contribution in [3.05, 3.63) is 105 Å². The van der Waals surface area contributed by atoms with Gasteiger partial charge in [0.05, 0.1) is 11.1 Å². The van der Waals surface area contributed by atoms with Crippen molar-refractivity contribution in [1.82, 2.24) is 19.4 Å². The van der Waals surface area contributed by atoms with Gasteiger partial charge in [-0.05, 0) is 67.6 Å². The molecule has 1 N–H and O–H groups in total. The van der Waals surface area contributed by atoms with E-state index in [4.69, 9.17) is 28.2 Å². The Labute approximate surface area is 264 Å². The van der Waals surface area contributed by atoms with Crippen LogP contribution in [0.15, 0.2) is 88.7 Å². The van der Waals surface area contributed by atoms with Gasteiger partial charge in [-0.2, -0.15) is 4.98 Å². The number of rotatable bonds is 5. The first-order valence-electron chi connectivity index (χ1n) is 14.3. The maximum atomic E-state index is 14.3. The Morgan fingerprint density at radius 1 is 0.930 bits per heavy atom. The predicted molar refractivity (Wildman–Crippen MR) is 179 cm³/mol. The van der Waals surface area contributed by atoms with Crippen LogP contribution in [0, 0.1) is 0 Å². The second kappa shape index (κ2) is 11.8. The number of thioether (sulfide) groups is 1. The van der Waals surface area contributed by atoms with Crippen molar-refractivity contribution >= 4 is 63.3 Å². The molecule has 0 saturated carbocycles. The number of hydrogen-bond acceptors (Lipinski definition) is 7. The SMILES string of the molecule is CN1CCN(c2ccc(Nc3ncc4cc(-c5ccc(Cl)cc5Cl)c(=O)n(C5CSc6ccccc6C5)c4n3)cc2)CC1. The van der Waals surface area contributed by atoms with Crippen molar-refractivity contribution in [1.29, 1.82) is 0 Å². The Balaban J connectivity index is 1.27. The van der Waals surface area contributed by atoms with Crippen molar-refractivity contribution in [3.8, 4) is 11.1 Å². The highest BCUT2D eigenvalue weighted by molar-refractivity contribution is 7.99. The Bertz CT molecular complexity index is 1870. The summed E-state index contributed by atoms with van der Waals surface area (Å²) in [5.41, 5.74) is 4.91. The Hall–Kier alpha value is -3.56. The minimum atomic E-state index is -0.136. The lowest BCUT2D eigenvalue weighted by molar-refractivity contribution is 0.313. The van der Waals surface area contributed by atoms with Crippen LogP contribution >= 0.6 is 35.0 Å². The standard InChI is InChI=1S/C33H30Cl2N6OS/c1-39-12-14-40(15-13-39)25-9-7-24(8-10-25)37-33-36-19-22-17-28(27-11-6-23(34)18-29(27)35)32(42)41(31(22)38-33)26-16-21-4-2-3-5-30(21)43-20-26/h2-11,17-19,26H,12-16,20H2,1H3,(H,36,37,38). The van der Waals surface area contributed by atoms with E-state index >= 15 is 0 Å². The summed E-state index contributed by atoms with van der Waals surface area (Å²) in [6, 6.07) is 23.7. The summed E-state index contributed by atoms with van der Waals surface area (Å²) in [6.45, 7) is 4.15. The van der Waals surface area contributed by atoms with E-state index in [-0.39, 0.29) is 11.6 Å². The largest absolute Gasteiger partial charge is 0.369 e. The summed E-state index contributed by atoms with van der Waals surface area (Å²) in [7, 11) is 2.16. The molecule has 2 aliphatic heterocycles. The minimum Gasteiger partial charge on any atom is -0.369 e. The molecular formula is C33H30Cl2N6OS. The number of likely N-dealkylation sites (N-methyl/N-ethyl adjacent to an activating group) is 1. The molecule has 0 radical (unpaired) electrons. The van der Waals surface area contributed by atoms with Crippen LogP contribution in [0.1, 0.15) is 11.6 Å². The van der Waals surface area contributed by atoms with Crippen LogP contribution < -0.4 is 15.8 Å². The first-order chi connectivity index (χ1) is 20.9. The zero-order chi connectivity index (χ0) is 29.5. The second-order valence-corrected chi connectivity index (χ2v) is 13.0. The van der Waals surface area contributed by atoms with Gasteiger partial charge in [-0.3, -0.25) is 9.36 Å². The van der Waals surface area contributed by atoms with E-state index < -0.39 is 0 Å². The summed E-state index contributed by atoms with van der Waals surface area (Å²) >= 11 is 14.5. The Morgan fingerprint density at radius 3 is 2.51 bits per heavy atom. The van der Waals surface area contributed by atoms with Gasteiger partial charge in [0.2, 0.25) is 5.95 Å². The highest BCUT2D eigenvalue weighted by Crippen LogP contribution is 2.37. The molecule has 43 heavy (non-hydrogen) atoms. The lowest BCUT2D eigenvalue weighted by Gasteiger charge is -2.34. The smallest absolute Gasteiger partial charge is 0.260 e. The fourth-order valence-corrected chi connectivity index (χ4v) is 7.51. The average molecular weight is 630 g/mol. The zero-order valence-electron chi connectivity index (χ0n) is 23.6. The average Bonchev–Trinajstić information content (AvgIpc) is 3.02. The molecule has 1 fully saturated rings. The summed E-state index contributed by atoms with van der Waals surface area (Å²) in [5.74, 6) is 1.19. The number of pyridine rings is 1. The van der Waals surface area contributed by atoms with Gasteiger partial charge in [-0.25, -0.2) is 4.98 Å². The molecular weight excluding hydrogens is 599 g/mol. The van der Waals surface area contributed by atoms with E-state index in [1.165, 1.54) is 16.1 Å². The fourth-order valence-electron chi connectivity index (χ4n) is 5.85. The van der Waals surface area contributed by atoms with Gasteiger partial charge in [-0.1, -0.05) is 47.5 Å². The van der Waals surface area contributed by atoms with Crippen LogP contribution in [0.2, 0.25) is 10.0 Å². The predicted octanol–water partition coefficient (Wildman–Crippen LogP) is 7.15. The van der Waals surface area contributed by atoms with E-state index in [1.54, 1.807) is 36.2 Å². The topological polar surface area (TPSA) is 66.3 Å². The van der Waals surface area contributed by atoms with Gasteiger partial charge in [0, 0.05) is 75.9 Å². The molecule has 1 saturated heterocycles. The molecule has 2 aromatic heterocycles. The van der Waals surface area contributed by atoms with E-state index in [9.17, 15) is 4.79 Å². The summed E-state index contributed by atoms with van der Waals surface area (Å²) in [5, 5.41) is 5.07. The number of anilines is 3. The van der Waals surface area contributed by atoms with E-state index in [0.29, 0.717) is 32.8 Å². The van der Waals surface area contributed by atoms with Crippen LogP contribution in [0.25, 0.3) is 22.2 Å². The van der Waals surface area contributed by atoms with E-state index in [0.717, 1.165) is 49.4 Å². The van der Waals surface area contributed by atoms with Crippen molar-refractivity contribution in [3.63, 3.8) is 0 Å². The third-order valence-electron chi connectivity index (χ3n) is 8.21. The van der Waals surface area contributed by atoms with Gasteiger partial charge >= 0.3 is 0 Å². The quantitative estimate of drug-likeness (QED) is 0.222. The van der Waals surface area contributed by atoms with Crippen LogP contribution in [-0.2, 0) is 6.42 Å². The van der Waals surface area contributed by atoms with Crippen LogP contribution in [0.5, 0.6) is 0 Å². The molecule has 5 aromatic rings. The number of piperazine rings is 1.